The Morgan fingerprint density at radius 2 is 1.95 bits per heavy atom. The molecule has 0 radical (unpaired) electrons. The summed E-state index contributed by atoms with van der Waals surface area (Å²) in [4.78, 5) is 0.0101. The smallest absolute Gasteiger partial charge is 0.263 e. The summed E-state index contributed by atoms with van der Waals surface area (Å²) >= 11 is 8.98. The third-order valence-corrected chi connectivity index (χ3v) is 5.29. The van der Waals surface area contributed by atoms with Crippen LogP contribution in [0.2, 0.25) is 5.02 Å². The summed E-state index contributed by atoms with van der Waals surface area (Å²) in [5, 5.41) is 9.16. The van der Waals surface area contributed by atoms with E-state index in [1.54, 1.807) is 12.1 Å². The van der Waals surface area contributed by atoms with E-state index < -0.39 is 10.0 Å². The molecule has 0 aliphatic heterocycles. The Labute approximate surface area is 135 Å². The molecular formula is C13H9BrClN3O2S. The molecule has 0 heterocycles. The van der Waals surface area contributed by atoms with Gasteiger partial charge in [0.2, 0.25) is 0 Å². The lowest BCUT2D eigenvalue weighted by atomic mass is 10.2. The fraction of sp³-hybridized carbons (Fsp3) is 0. The first-order chi connectivity index (χ1) is 9.83. The SMILES string of the molecule is N#Cc1cc(NS(=O)(=O)c2cc(N)ccc2Br)ccc1Cl. The minimum atomic E-state index is -3.83. The summed E-state index contributed by atoms with van der Waals surface area (Å²) in [6.45, 7) is 0. The van der Waals surface area contributed by atoms with E-state index in [1.807, 2.05) is 6.07 Å². The summed E-state index contributed by atoms with van der Waals surface area (Å²) < 4.78 is 27.5. The van der Waals surface area contributed by atoms with Crippen LogP contribution < -0.4 is 10.5 Å². The molecule has 21 heavy (non-hydrogen) atoms. The average Bonchev–Trinajstić information content (AvgIpc) is 2.43. The Bertz CT molecular complexity index is 847. The van der Waals surface area contributed by atoms with E-state index in [1.165, 1.54) is 24.3 Å². The van der Waals surface area contributed by atoms with Gasteiger partial charge in [-0.25, -0.2) is 8.42 Å². The van der Waals surface area contributed by atoms with Crippen molar-refractivity contribution in [1.29, 1.82) is 5.26 Å². The van der Waals surface area contributed by atoms with Gasteiger partial charge in [0, 0.05) is 10.2 Å². The van der Waals surface area contributed by atoms with Gasteiger partial charge in [-0.1, -0.05) is 11.6 Å². The molecule has 2 aromatic rings. The van der Waals surface area contributed by atoms with Crippen LogP contribution in [0.25, 0.3) is 0 Å². The average molecular weight is 387 g/mol. The van der Waals surface area contributed by atoms with E-state index in [-0.39, 0.29) is 21.2 Å². The molecule has 8 heteroatoms. The van der Waals surface area contributed by atoms with Crippen LogP contribution in [0.15, 0.2) is 45.8 Å². The van der Waals surface area contributed by atoms with Crippen molar-refractivity contribution < 1.29 is 8.42 Å². The van der Waals surface area contributed by atoms with Gasteiger partial charge in [0.1, 0.15) is 11.0 Å². The van der Waals surface area contributed by atoms with Gasteiger partial charge < -0.3 is 5.73 Å². The number of nitrogens with one attached hydrogen (secondary N) is 1. The number of benzene rings is 2. The van der Waals surface area contributed by atoms with Crippen LogP contribution in [0.3, 0.4) is 0 Å². The molecule has 0 fully saturated rings. The van der Waals surface area contributed by atoms with Gasteiger partial charge in [-0.3, -0.25) is 4.72 Å². The van der Waals surface area contributed by atoms with Crippen molar-refractivity contribution in [3.63, 3.8) is 0 Å². The summed E-state index contributed by atoms with van der Waals surface area (Å²) in [6, 6.07) is 10.6. The van der Waals surface area contributed by atoms with Crippen LogP contribution in [0, 0.1) is 11.3 Å². The Balaban J connectivity index is 2.43. The van der Waals surface area contributed by atoms with E-state index >= 15 is 0 Å². The molecule has 108 valence electrons. The lowest BCUT2D eigenvalue weighted by molar-refractivity contribution is 0.601. The molecule has 2 rings (SSSR count). The van der Waals surface area contributed by atoms with Gasteiger partial charge >= 0.3 is 0 Å². The van der Waals surface area contributed by atoms with Crippen LogP contribution in [0.1, 0.15) is 5.56 Å². The van der Waals surface area contributed by atoms with E-state index in [4.69, 9.17) is 22.6 Å². The zero-order valence-electron chi connectivity index (χ0n) is 10.5. The first-order valence-electron chi connectivity index (χ1n) is 5.61. The number of sulfonamides is 1. The highest BCUT2D eigenvalue weighted by atomic mass is 79.9. The summed E-state index contributed by atoms with van der Waals surface area (Å²) in [5.41, 5.74) is 6.36. The van der Waals surface area contributed by atoms with Gasteiger partial charge in [0.05, 0.1) is 16.3 Å². The molecule has 5 nitrogen and oxygen atoms in total. The second kappa shape index (κ2) is 5.93. The molecule has 0 atom stereocenters. The summed E-state index contributed by atoms with van der Waals surface area (Å²) in [6.07, 6.45) is 0. The van der Waals surface area contributed by atoms with Crippen molar-refractivity contribution in [2.75, 3.05) is 10.5 Å². The lowest BCUT2D eigenvalue weighted by Crippen LogP contribution is -2.14. The molecule has 0 aromatic heterocycles. The molecule has 0 aliphatic carbocycles. The van der Waals surface area contributed by atoms with Gasteiger partial charge in [-0.05, 0) is 52.3 Å². The highest BCUT2D eigenvalue weighted by Crippen LogP contribution is 2.27. The molecule has 3 N–H and O–H groups in total. The maximum Gasteiger partial charge on any atom is 0.263 e. The number of hydrogen-bond donors (Lipinski definition) is 2. The molecule has 0 aliphatic rings. The number of rotatable bonds is 3. The van der Waals surface area contributed by atoms with Crippen LogP contribution in [0.5, 0.6) is 0 Å². The summed E-state index contributed by atoms with van der Waals surface area (Å²) in [5.74, 6) is 0. The summed E-state index contributed by atoms with van der Waals surface area (Å²) in [7, 11) is -3.83. The molecule has 0 amide bonds. The number of hydrogen-bond acceptors (Lipinski definition) is 4. The first kappa shape index (κ1) is 15.6. The zero-order valence-corrected chi connectivity index (χ0v) is 13.6. The Morgan fingerprint density at radius 1 is 1.24 bits per heavy atom. The van der Waals surface area contributed by atoms with Crippen molar-refractivity contribution in [2.24, 2.45) is 0 Å². The number of nitriles is 1. The van der Waals surface area contributed by atoms with E-state index in [9.17, 15) is 8.42 Å². The van der Waals surface area contributed by atoms with E-state index in [0.717, 1.165) is 0 Å². The number of nitrogen functional groups attached to an aromatic ring is 1. The van der Waals surface area contributed by atoms with Crippen molar-refractivity contribution >= 4 is 48.9 Å². The van der Waals surface area contributed by atoms with Crippen LogP contribution in [0.4, 0.5) is 11.4 Å². The maximum absolute atomic E-state index is 12.3. The molecule has 0 bridgehead atoms. The second-order valence-electron chi connectivity index (χ2n) is 4.10. The lowest BCUT2D eigenvalue weighted by Gasteiger charge is -2.10. The van der Waals surface area contributed by atoms with Crippen LogP contribution >= 0.6 is 27.5 Å². The zero-order chi connectivity index (χ0) is 15.6. The predicted molar refractivity (Wildman–Crippen MR) is 85.5 cm³/mol. The third-order valence-electron chi connectivity index (χ3n) is 2.58. The fourth-order valence-electron chi connectivity index (χ4n) is 1.61. The quantitative estimate of drug-likeness (QED) is 0.791. The molecule has 0 spiro atoms. The van der Waals surface area contributed by atoms with Crippen molar-refractivity contribution in [3.8, 4) is 6.07 Å². The molecule has 0 unspecified atom stereocenters. The largest absolute Gasteiger partial charge is 0.399 e. The minimum absolute atomic E-state index is 0.0101. The first-order valence-corrected chi connectivity index (χ1v) is 8.26. The molecule has 0 saturated heterocycles. The van der Waals surface area contributed by atoms with Gasteiger partial charge in [0.25, 0.3) is 10.0 Å². The monoisotopic (exact) mass is 385 g/mol. The number of halogens is 2. The van der Waals surface area contributed by atoms with Gasteiger partial charge in [-0.15, -0.1) is 0 Å². The maximum atomic E-state index is 12.3. The topological polar surface area (TPSA) is 96.0 Å². The second-order valence-corrected chi connectivity index (χ2v) is 7.01. The standard InChI is InChI=1S/C13H9BrClN3O2S/c14-11-3-1-9(17)6-13(11)21(19,20)18-10-2-4-12(15)8(5-10)7-16/h1-6,18H,17H2. The fourth-order valence-corrected chi connectivity index (χ4v) is 3.82. The van der Waals surface area contributed by atoms with Crippen LogP contribution in [-0.2, 0) is 10.0 Å². The third kappa shape index (κ3) is 3.47. The number of nitrogens with two attached hydrogens (primary N) is 1. The number of nitrogens with zero attached hydrogens (tertiary/aromatic N) is 1. The van der Waals surface area contributed by atoms with Crippen molar-refractivity contribution in [3.05, 3.63) is 51.5 Å². The van der Waals surface area contributed by atoms with Crippen molar-refractivity contribution in [2.45, 2.75) is 4.90 Å². The normalized spacial score (nSPS) is 10.9. The van der Waals surface area contributed by atoms with E-state index in [0.29, 0.717) is 10.2 Å². The molecular weight excluding hydrogens is 378 g/mol. The molecule has 0 saturated carbocycles. The highest BCUT2D eigenvalue weighted by molar-refractivity contribution is 9.10. The van der Waals surface area contributed by atoms with Gasteiger partial charge in [-0.2, -0.15) is 5.26 Å². The minimum Gasteiger partial charge on any atom is -0.399 e. The Kier molecular flexibility index (Phi) is 4.42. The van der Waals surface area contributed by atoms with Crippen LogP contribution in [-0.4, -0.2) is 8.42 Å². The molecule has 2 aromatic carbocycles. The highest BCUT2D eigenvalue weighted by Gasteiger charge is 2.18. The Morgan fingerprint density at radius 3 is 2.62 bits per heavy atom. The number of anilines is 2. The van der Waals surface area contributed by atoms with Crippen molar-refractivity contribution in [1.82, 2.24) is 0 Å². The predicted octanol–water partition coefficient (Wildman–Crippen LogP) is 3.36. The van der Waals surface area contributed by atoms with E-state index in [2.05, 4.69) is 20.7 Å². The van der Waals surface area contributed by atoms with Gasteiger partial charge in [0.15, 0.2) is 0 Å². The Hall–Kier alpha value is -1.75.